The molecule has 4 rings (SSSR count). The first-order valence-corrected chi connectivity index (χ1v) is 10.3. The molecule has 1 aliphatic rings. The van der Waals surface area contributed by atoms with Crippen molar-refractivity contribution in [2.45, 2.75) is 6.54 Å². The zero-order valence-electron chi connectivity index (χ0n) is 15.5. The molecule has 0 N–H and O–H groups in total. The van der Waals surface area contributed by atoms with E-state index >= 15 is 0 Å². The Morgan fingerprint density at radius 1 is 0.929 bits per heavy atom. The number of amides is 1. The van der Waals surface area contributed by atoms with E-state index in [1.165, 1.54) is 4.88 Å². The molecule has 0 spiro atoms. The SMILES string of the molecule is N#Cc1ccccc1-c1ccccc1C(=O)N1CCN(Cc2cccs2)CC1. The third-order valence-electron chi connectivity index (χ3n) is 5.11. The summed E-state index contributed by atoms with van der Waals surface area (Å²) in [5.74, 6) is 0.0408. The highest BCUT2D eigenvalue weighted by Gasteiger charge is 2.24. The third kappa shape index (κ3) is 3.84. The first-order chi connectivity index (χ1) is 13.8. The van der Waals surface area contributed by atoms with Crippen molar-refractivity contribution in [1.29, 1.82) is 5.26 Å². The third-order valence-corrected chi connectivity index (χ3v) is 5.98. The molecule has 4 nitrogen and oxygen atoms in total. The summed E-state index contributed by atoms with van der Waals surface area (Å²) in [7, 11) is 0. The lowest BCUT2D eigenvalue weighted by Gasteiger charge is -2.34. The van der Waals surface area contributed by atoms with E-state index in [4.69, 9.17) is 0 Å². The Kier molecular flexibility index (Phi) is 5.52. The molecular formula is C23H21N3OS. The molecular weight excluding hydrogens is 366 g/mol. The van der Waals surface area contributed by atoms with E-state index in [2.05, 4.69) is 28.5 Å². The molecule has 0 unspecified atom stereocenters. The molecule has 0 saturated carbocycles. The minimum Gasteiger partial charge on any atom is -0.336 e. The smallest absolute Gasteiger partial charge is 0.254 e. The van der Waals surface area contributed by atoms with Crippen molar-refractivity contribution in [1.82, 2.24) is 9.80 Å². The first kappa shape index (κ1) is 18.4. The van der Waals surface area contributed by atoms with Crippen LogP contribution in [0.5, 0.6) is 0 Å². The number of carbonyl (C=O) groups is 1. The summed E-state index contributed by atoms with van der Waals surface area (Å²) in [6.45, 7) is 4.14. The zero-order valence-corrected chi connectivity index (χ0v) is 16.4. The van der Waals surface area contributed by atoms with Crippen LogP contribution in [0.2, 0.25) is 0 Å². The summed E-state index contributed by atoms with van der Waals surface area (Å²) in [5.41, 5.74) is 2.89. The largest absolute Gasteiger partial charge is 0.336 e. The lowest BCUT2D eigenvalue weighted by Crippen LogP contribution is -2.48. The Labute approximate surface area is 169 Å². The number of nitriles is 1. The van der Waals surface area contributed by atoms with Gasteiger partial charge < -0.3 is 4.90 Å². The lowest BCUT2D eigenvalue weighted by molar-refractivity contribution is 0.0630. The van der Waals surface area contributed by atoms with Crippen molar-refractivity contribution in [3.05, 3.63) is 82.0 Å². The van der Waals surface area contributed by atoms with Crippen LogP contribution < -0.4 is 0 Å². The van der Waals surface area contributed by atoms with Crippen LogP contribution in [0.25, 0.3) is 11.1 Å². The van der Waals surface area contributed by atoms with Gasteiger partial charge in [0, 0.05) is 48.7 Å². The second-order valence-electron chi connectivity index (χ2n) is 6.85. The molecule has 28 heavy (non-hydrogen) atoms. The Morgan fingerprint density at radius 2 is 1.64 bits per heavy atom. The van der Waals surface area contributed by atoms with Crippen LogP contribution in [0.1, 0.15) is 20.8 Å². The van der Waals surface area contributed by atoms with Gasteiger partial charge in [-0.25, -0.2) is 0 Å². The van der Waals surface area contributed by atoms with Crippen molar-refractivity contribution >= 4 is 17.2 Å². The van der Waals surface area contributed by atoms with E-state index in [1.54, 1.807) is 17.4 Å². The van der Waals surface area contributed by atoms with Gasteiger partial charge in [0.25, 0.3) is 5.91 Å². The van der Waals surface area contributed by atoms with E-state index in [-0.39, 0.29) is 5.91 Å². The number of hydrogen-bond donors (Lipinski definition) is 0. The van der Waals surface area contributed by atoms with Crippen molar-refractivity contribution < 1.29 is 4.79 Å². The van der Waals surface area contributed by atoms with Crippen LogP contribution in [0.4, 0.5) is 0 Å². The van der Waals surface area contributed by atoms with Gasteiger partial charge in [0.2, 0.25) is 0 Å². The predicted molar refractivity (Wildman–Crippen MR) is 112 cm³/mol. The molecule has 140 valence electrons. The van der Waals surface area contributed by atoms with Gasteiger partial charge in [0.05, 0.1) is 11.6 Å². The Bertz CT molecular complexity index is 999. The van der Waals surface area contributed by atoms with Crippen molar-refractivity contribution in [3.63, 3.8) is 0 Å². The van der Waals surface area contributed by atoms with Crippen LogP contribution in [-0.2, 0) is 6.54 Å². The summed E-state index contributed by atoms with van der Waals surface area (Å²) >= 11 is 1.78. The highest BCUT2D eigenvalue weighted by molar-refractivity contribution is 7.09. The van der Waals surface area contributed by atoms with E-state index in [0.717, 1.165) is 43.9 Å². The Morgan fingerprint density at radius 3 is 2.36 bits per heavy atom. The fourth-order valence-electron chi connectivity index (χ4n) is 3.62. The van der Waals surface area contributed by atoms with Gasteiger partial charge in [-0.1, -0.05) is 42.5 Å². The van der Waals surface area contributed by atoms with Gasteiger partial charge in [-0.05, 0) is 29.1 Å². The Hall–Kier alpha value is -2.94. The molecule has 0 aliphatic carbocycles. The number of benzene rings is 2. The highest BCUT2D eigenvalue weighted by Crippen LogP contribution is 2.28. The van der Waals surface area contributed by atoms with Gasteiger partial charge >= 0.3 is 0 Å². The van der Waals surface area contributed by atoms with E-state index < -0.39 is 0 Å². The number of rotatable bonds is 4. The molecule has 5 heteroatoms. The standard InChI is InChI=1S/C23H21N3OS/c24-16-18-6-1-2-8-20(18)21-9-3-4-10-22(21)23(27)26-13-11-25(12-14-26)17-19-7-5-15-28-19/h1-10,15H,11-14,17H2. The van der Waals surface area contributed by atoms with Gasteiger partial charge in [-0.3, -0.25) is 9.69 Å². The molecule has 3 aromatic rings. The minimum atomic E-state index is 0.0408. The molecule has 0 radical (unpaired) electrons. The molecule has 1 saturated heterocycles. The molecule has 2 aromatic carbocycles. The van der Waals surface area contributed by atoms with Crippen LogP contribution in [0.15, 0.2) is 66.0 Å². The van der Waals surface area contributed by atoms with Crippen LogP contribution in [-0.4, -0.2) is 41.9 Å². The van der Waals surface area contributed by atoms with Gasteiger partial charge in [-0.2, -0.15) is 5.26 Å². The van der Waals surface area contributed by atoms with Crippen molar-refractivity contribution in [2.24, 2.45) is 0 Å². The molecule has 1 amide bonds. The number of piperazine rings is 1. The summed E-state index contributed by atoms with van der Waals surface area (Å²) in [5, 5.41) is 11.5. The van der Waals surface area contributed by atoms with Crippen LogP contribution in [0.3, 0.4) is 0 Å². The average Bonchev–Trinajstić information content (AvgIpc) is 3.27. The lowest BCUT2D eigenvalue weighted by atomic mass is 9.95. The highest BCUT2D eigenvalue weighted by atomic mass is 32.1. The van der Waals surface area contributed by atoms with Crippen molar-refractivity contribution in [3.8, 4) is 17.2 Å². The maximum atomic E-state index is 13.2. The second-order valence-corrected chi connectivity index (χ2v) is 7.88. The van der Waals surface area contributed by atoms with Crippen LogP contribution in [0, 0.1) is 11.3 Å². The topological polar surface area (TPSA) is 47.3 Å². The number of thiophene rings is 1. The summed E-state index contributed by atoms with van der Waals surface area (Å²) < 4.78 is 0. The molecule has 0 atom stereocenters. The molecule has 1 fully saturated rings. The van der Waals surface area contributed by atoms with Crippen molar-refractivity contribution in [2.75, 3.05) is 26.2 Å². The normalized spacial score (nSPS) is 14.6. The zero-order chi connectivity index (χ0) is 19.3. The summed E-state index contributed by atoms with van der Waals surface area (Å²) in [6, 6.07) is 21.5. The fourth-order valence-corrected chi connectivity index (χ4v) is 4.37. The molecule has 1 aromatic heterocycles. The van der Waals surface area contributed by atoms with Gasteiger partial charge in [0.15, 0.2) is 0 Å². The maximum Gasteiger partial charge on any atom is 0.254 e. The van der Waals surface area contributed by atoms with Crippen LogP contribution >= 0.6 is 11.3 Å². The minimum absolute atomic E-state index is 0.0408. The summed E-state index contributed by atoms with van der Waals surface area (Å²) in [4.78, 5) is 18.9. The predicted octanol–water partition coefficient (Wildman–Crippen LogP) is 4.24. The molecule has 0 bridgehead atoms. The van der Waals surface area contributed by atoms with Gasteiger partial charge in [0.1, 0.15) is 0 Å². The number of carbonyl (C=O) groups excluding carboxylic acids is 1. The van der Waals surface area contributed by atoms with E-state index in [1.807, 2.05) is 47.4 Å². The number of nitrogens with zero attached hydrogens (tertiary/aromatic N) is 3. The second kappa shape index (κ2) is 8.39. The van der Waals surface area contributed by atoms with E-state index in [0.29, 0.717) is 11.1 Å². The molecule has 2 heterocycles. The summed E-state index contributed by atoms with van der Waals surface area (Å²) in [6.07, 6.45) is 0. The maximum absolute atomic E-state index is 13.2. The molecule has 1 aliphatic heterocycles. The number of hydrogen-bond acceptors (Lipinski definition) is 4. The Balaban J connectivity index is 1.51. The fraction of sp³-hybridized carbons (Fsp3) is 0.217. The average molecular weight is 388 g/mol. The van der Waals surface area contributed by atoms with Gasteiger partial charge in [-0.15, -0.1) is 11.3 Å². The quantitative estimate of drug-likeness (QED) is 0.673. The first-order valence-electron chi connectivity index (χ1n) is 9.39. The van der Waals surface area contributed by atoms with E-state index in [9.17, 15) is 10.1 Å². The monoisotopic (exact) mass is 387 g/mol.